The Bertz CT molecular complexity index is 999. The molecular formula is C28H37N3O5. The predicted octanol–water partition coefficient (Wildman–Crippen LogP) is 3.79. The normalized spacial score (nSPS) is 17.1. The van der Waals surface area contributed by atoms with Crippen molar-refractivity contribution < 1.29 is 23.8 Å². The summed E-state index contributed by atoms with van der Waals surface area (Å²) in [5.74, 6) is 1.74. The maximum absolute atomic E-state index is 13.0. The van der Waals surface area contributed by atoms with Gasteiger partial charge in [-0.1, -0.05) is 36.4 Å². The number of piperazine rings is 1. The summed E-state index contributed by atoms with van der Waals surface area (Å²) in [5.41, 5.74) is 2.28. The molecule has 0 bridgehead atoms. The molecule has 0 N–H and O–H groups in total. The van der Waals surface area contributed by atoms with E-state index in [1.165, 1.54) is 5.56 Å². The van der Waals surface area contributed by atoms with E-state index in [0.29, 0.717) is 39.4 Å². The lowest BCUT2D eigenvalue weighted by Crippen LogP contribution is -2.53. The van der Waals surface area contributed by atoms with Gasteiger partial charge >= 0.3 is 6.09 Å². The number of carbonyl (C=O) groups is 2. The molecule has 0 spiro atoms. The minimum Gasteiger partial charge on any atom is -0.493 e. The van der Waals surface area contributed by atoms with Crippen molar-refractivity contribution in [3.05, 3.63) is 59.7 Å². The van der Waals surface area contributed by atoms with Gasteiger partial charge in [0, 0.05) is 38.6 Å². The first kappa shape index (κ1) is 25.8. The molecule has 2 aromatic carbocycles. The molecule has 194 valence electrons. The number of carbonyl (C=O) groups excluding carboxylic acids is 2. The number of benzene rings is 2. The standard InChI is InChI=1S/C28H37N3O5/c1-3-35-28(33)31-17-15-30(16-18-31)27(32)24-11-13-29(14-12-24)20-23-9-10-25(26(19-23)34-2)36-21-22-7-5-4-6-8-22/h4-10,19,24H,3,11-18,20-21H2,1-2H3. The smallest absolute Gasteiger partial charge is 0.409 e. The van der Waals surface area contributed by atoms with Crippen molar-refractivity contribution >= 4 is 12.0 Å². The molecule has 2 fully saturated rings. The lowest BCUT2D eigenvalue weighted by Gasteiger charge is -2.38. The summed E-state index contributed by atoms with van der Waals surface area (Å²) in [6.45, 7) is 7.48. The summed E-state index contributed by atoms with van der Waals surface area (Å²) in [6, 6.07) is 16.2. The van der Waals surface area contributed by atoms with Crippen molar-refractivity contribution in [3.8, 4) is 11.5 Å². The first-order chi connectivity index (χ1) is 17.6. The van der Waals surface area contributed by atoms with Gasteiger partial charge < -0.3 is 24.0 Å². The molecule has 2 heterocycles. The maximum Gasteiger partial charge on any atom is 0.409 e. The molecule has 8 heteroatoms. The zero-order valence-corrected chi connectivity index (χ0v) is 21.4. The van der Waals surface area contributed by atoms with Crippen LogP contribution in [0.1, 0.15) is 30.9 Å². The third-order valence-electron chi connectivity index (χ3n) is 6.93. The summed E-state index contributed by atoms with van der Waals surface area (Å²) in [6.07, 6.45) is 1.42. The van der Waals surface area contributed by atoms with Crippen molar-refractivity contribution in [1.29, 1.82) is 0 Å². The molecule has 4 rings (SSSR count). The van der Waals surface area contributed by atoms with E-state index in [4.69, 9.17) is 14.2 Å². The first-order valence-corrected chi connectivity index (χ1v) is 12.8. The number of piperidine rings is 1. The minimum absolute atomic E-state index is 0.0543. The Balaban J connectivity index is 1.23. The van der Waals surface area contributed by atoms with Crippen LogP contribution in [0.4, 0.5) is 4.79 Å². The Morgan fingerprint density at radius 1 is 0.861 bits per heavy atom. The van der Waals surface area contributed by atoms with E-state index >= 15 is 0 Å². The van der Waals surface area contributed by atoms with Gasteiger partial charge in [-0.15, -0.1) is 0 Å². The average molecular weight is 496 g/mol. The van der Waals surface area contributed by atoms with Gasteiger partial charge in [-0.2, -0.15) is 0 Å². The van der Waals surface area contributed by atoms with Crippen LogP contribution in [-0.4, -0.2) is 79.7 Å². The van der Waals surface area contributed by atoms with Gasteiger partial charge in [0.1, 0.15) is 6.61 Å². The Labute approximate surface area is 213 Å². The second-order valence-electron chi connectivity index (χ2n) is 9.32. The Hall–Kier alpha value is -3.26. The molecule has 2 aromatic rings. The highest BCUT2D eigenvalue weighted by atomic mass is 16.6. The number of nitrogens with zero attached hydrogens (tertiary/aromatic N) is 3. The lowest BCUT2D eigenvalue weighted by molar-refractivity contribution is -0.138. The number of methoxy groups -OCH3 is 1. The first-order valence-electron chi connectivity index (χ1n) is 12.8. The van der Waals surface area contributed by atoms with E-state index in [9.17, 15) is 9.59 Å². The summed E-state index contributed by atoms with van der Waals surface area (Å²) >= 11 is 0. The predicted molar refractivity (Wildman–Crippen MR) is 137 cm³/mol. The van der Waals surface area contributed by atoms with Crippen LogP contribution in [0, 0.1) is 5.92 Å². The molecule has 36 heavy (non-hydrogen) atoms. The molecule has 0 aromatic heterocycles. The van der Waals surface area contributed by atoms with Gasteiger partial charge in [0.05, 0.1) is 13.7 Å². The quantitative estimate of drug-likeness (QED) is 0.555. The maximum atomic E-state index is 13.0. The summed E-state index contributed by atoms with van der Waals surface area (Å²) in [4.78, 5) is 30.9. The number of hydrogen-bond acceptors (Lipinski definition) is 6. The van der Waals surface area contributed by atoms with Crippen LogP contribution in [0.3, 0.4) is 0 Å². The molecule has 0 saturated carbocycles. The Morgan fingerprint density at radius 3 is 2.22 bits per heavy atom. The topological polar surface area (TPSA) is 71.6 Å². The van der Waals surface area contributed by atoms with Gasteiger partial charge in [-0.05, 0) is 56.1 Å². The molecule has 0 radical (unpaired) electrons. The third kappa shape index (κ3) is 6.69. The minimum atomic E-state index is -0.287. The molecule has 8 nitrogen and oxygen atoms in total. The molecule has 2 aliphatic rings. The van der Waals surface area contributed by atoms with Gasteiger partial charge in [-0.3, -0.25) is 9.69 Å². The monoisotopic (exact) mass is 495 g/mol. The Morgan fingerprint density at radius 2 is 1.56 bits per heavy atom. The average Bonchev–Trinajstić information content (AvgIpc) is 2.93. The van der Waals surface area contributed by atoms with Gasteiger partial charge in [-0.25, -0.2) is 4.79 Å². The van der Waals surface area contributed by atoms with E-state index in [-0.39, 0.29) is 17.9 Å². The van der Waals surface area contributed by atoms with Crippen LogP contribution < -0.4 is 9.47 Å². The summed E-state index contributed by atoms with van der Waals surface area (Å²) in [5, 5.41) is 0. The summed E-state index contributed by atoms with van der Waals surface area (Å²) < 4.78 is 16.6. The van der Waals surface area contributed by atoms with Crippen LogP contribution >= 0.6 is 0 Å². The number of rotatable bonds is 8. The van der Waals surface area contributed by atoms with E-state index in [1.54, 1.807) is 18.9 Å². The Kier molecular flexibility index (Phi) is 9.06. The highest BCUT2D eigenvalue weighted by Gasteiger charge is 2.31. The second kappa shape index (κ2) is 12.6. The molecule has 2 saturated heterocycles. The van der Waals surface area contributed by atoms with E-state index in [0.717, 1.165) is 49.5 Å². The van der Waals surface area contributed by atoms with Crippen molar-refractivity contribution in [2.45, 2.75) is 32.9 Å². The number of amides is 2. The largest absolute Gasteiger partial charge is 0.493 e. The fourth-order valence-electron chi connectivity index (χ4n) is 4.84. The van der Waals surface area contributed by atoms with E-state index in [2.05, 4.69) is 11.0 Å². The van der Waals surface area contributed by atoms with Crippen LogP contribution in [-0.2, 0) is 22.7 Å². The van der Waals surface area contributed by atoms with Crippen LogP contribution in [0.25, 0.3) is 0 Å². The SMILES string of the molecule is CCOC(=O)N1CCN(C(=O)C2CCN(Cc3ccc(OCc4ccccc4)c(OC)c3)CC2)CC1. The highest BCUT2D eigenvalue weighted by Crippen LogP contribution is 2.30. The van der Waals surface area contributed by atoms with Crippen LogP contribution in [0.15, 0.2) is 48.5 Å². The van der Waals surface area contributed by atoms with Crippen LogP contribution in [0.5, 0.6) is 11.5 Å². The van der Waals surface area contributed by atoms with Crippen molar-refractivity contribution in [2.24, 2.45) is 5.92 Å². The number of likely N-dealkylation sites (tertiary alicyclic amines) is 1. The lowest BCUT2D eigenvalue weighted by atomic mass is 9.94. The zero-order chi connectivity index (χ0) is 25.3. The fourth-order valence-corrected chi connectivity index (χ4v) is 4.84. The van der Waals surface area contributed by atoms with Crippen molar-refractivity contribution in [2.75, 3.05) is 53.0 Å². The van der Waals surface area contributed by atoms with E-state index in [1.807, 2.05) is 47.4 Å². The summed E-state index contributed by atoms with van der Waals surface area (Å²) in [7, 11) is 1.66. The second-order valence-corrected chi connectivity index (χ2v) is 9.32. The fraction of sp³-hybridized carbons (Fsp3) is 0.500. The molecule has 0 aliphatic carbocycles. The van der Waals surface area contributed by atoms with Crippen molar-refractivity contribution in [1.82, 2.24) is 14.7 Å². The van der Waals surface area contributed by atoms with Crippen LogP contribution in [0.2, 0.25) is 0 Å². The third-order valence-corrected chi connectivity index (χ3v) is 6.93. The van der Waals surface area contributed by atoms with Gasteiger partial charge in [0.25, 0.3) is 0 Å². The van der Waals surface area contributed by atoms with E-state index < -0.39 is 0 Å². The number of hydrogen-bond donors (Lipinski definition) is 0. The van der Waals surface area contributed by atoms with Gasteiger partial charge in [0.15, 0.2) is 11.5 Å². The van der Waals surface area contributed by atoms with Crippen molar-refractivity contribution in [3.63, 3.8) is 0 Å². The molecule has 0 unspecified atom stereocenters. The molecule has 2 amide bonds. The molecule has 2 aliphatic heterocycles. The zero-order valence-electron chi connectivity index (χ0n) is 21.4. The highest BCUT2D eigenvalue weighted by molar-refractivity contribution is 5.79. The van der Waals surface area contributed by atoms with Gasteiger partial charge in [0.2, 0.25) is 5.91 Å². The molecule has 0 atom stereocenters. The molecular weight excluding hydrogens is 458 g/mol. The number of ether oxygens (including phenoxy) is 3.